The van der Waals surface area contributed by atoms with E-state index in [1.165, 1.54) is 11.1 Å². The van der Waals surface area contributed by atoms with E-state index in [4.69, 9.17) is 21.1 Å². The largest absolute Gasteiger partial charge is 0.482 e. The summed E-state index contributed by atoms with van der Waals surface area (Å²) in [5, 5.41) is 0.387. The Bertz CT molecular complexity index is 902. The highest BCUT2D eigenvalue weighted by Crippen LogP contribution is 2.32. The molecule has 3 aromatic rings. The summed E-state index contributed by atoms with van der Waals surface area (Å²) < 4.78 is 10.7. The van der Waals surface area contributed by atoms with Gasteiger partial charge in [0, 0.05) is 5.41 Å². The fourth-order valence-electron chi connectivity index (χ4n) is 2.81. The SMILES string of the molecule is CC(C)(c1ccccc1)c1ccc(OCC(=O)Oc2ccccc2Cl)cc1. The van der Waals surface area contributed by atoms with E-state index >= 15 is 0 Å². The van der Waals surface area contributed by atoms with Gasteiger partial charge < -0.3 is 9.47 Å². The quantitative estimate of drug-likeness (QED) is 0.409. The van der Waals surface area contributed by atoms with Crippen LogP contribution in [0.5, 0.6) is 11.5 Å². The van der Waals surface area contributed by atoms with Crippen LogP contribution in [-0.2, 0) is 10.2 Å². The molecule has 0 atom stereocenters. The molecule has 3 rings (SSSR count). The lowest BCUT2D eigenvalue weighted by Crippen LogP contribution is -2.19. The first-order chi connectivity index (χ1) is 13.0. The molecule has 0 N–H and O–H groups in total. The Morgan fingerprint density at radius 3 is 2.11 bits per heavy atom. The van der Waals surface area contributed by atoms with Gasteiger partial charge in [-0.15, -0.1) is 0 Å². The first-order valence-electron chi connectivity index (χ1n) is 8.71. The number of esters is 1. The number of carbonyl (C=O) groups is 1. The van der Waals surface area contributed by atoms with Gasteiger partial charge in [-0.3, -0.25) is 0 Å². The second kappa shape index (κ2) is 8.28. The highest BCUT2D eigenvalue weighted by atomic mass is 35.5. The van der Waals surface area contributed by atoms with Crippen LogP contribution in [0.4, 0.5) is 0 Å². The van der Waals surface area contributed by atoms with Crippen molar-refractivity contribution >= 4 is 17.6 Å². The fourth-order valence-corrected chi connectivity index (χ4v) is 2.99. The Kier molecular flexibility index (Phi) is 5.82. The number of rotatable bonds is 6. The topological polar surface area (TPSA) is 35.5 Å². The summed E-state index contributed by atoms with van der Waals surface area (Å²) in [5.41, 5.74) is 2.28. The van der Waals surface area contributed by atoms with Gasteiger partial charge >= 0.3 is 5.97 Å². The normalized spacial score (nSPS) is 11.1. The Balaban J connectivity index is 1.61. The maximum atomic E-state index is 11.9. The van der Waals surface area contributed by atoms with E-state index < -0.39 is 5.97 Å². The molecule has 0 aliphatic heterocycles. The number of hydrogen-bond acceptors (Lipinski definition) is 3. The Hall–Kier alpha value is -2.78. The van der Waals surface area contributed by atoms with Crippen LogP contribution < -0.4 is 9.47 Å². The summed E-state index contributed by atoms with van der Waals surface area (Å²) in [6.07, 6.45) is 0. The summed E-state index contributed by atoms with van der Waals surface area (Å²) in [6.45, 7) is 4.17. The zero-order valence-electron chi connectivity index (χ0n) is 15.3. The number of halogens is 1. The molecule has 138 valence electrons. The minimum Gasteiger partial charge on any atom is -0.482 e. The zero-order valence-corrected chi connectivity index (χ0v) is 16.1. The van der Waals surface area contributed by atoms with E-state index in [2.05, 4.69) is 26.0 Å². The smallest absolute Gasteiger partial charge is 0.349 e. The minimum absolute atomic E-state index is 0.122. The molecule has 4 heteroatoms. The predicted octanol–water partition coefficient (Wildman–Crippen LogP) is 5.65. The summed E-state index contributed by atoms with van der Waals surface area (Å²) >= 11 is 5.98. The molecular formula is C23H21ClO3. The van der Waals surface area contributed by atoms with Crippen molar-refractivity contribution in [2.75, 3.05) is 6.61 Å². The van der Waals surface area contributed by atoms with E-state index in [-0.39, 0.29) is 12.0 Å². The molecule has 0 saturated carbocycles. The first-order valence-corrected chi connectivity index (χ1v) is 9.09. The number of carbonyl (C=O) groups excluding carboxylic acids is 1. The second-order valence-electron chi connectivity index (χ2n) is 6.71. The molecule has 0 aliphatic rings. The van der Waals surface area contributed by atoms with Gasteiger partial charge in [-0.1, -0.05) is 80.0 Å². The van der Waals surface area contributed by atoms with Gasteiger partial charge in [0.15, 0.2) is 6.61 Å². The molecule has 0 amide bonds. The van der Waals surface area contributed by atoms with Gasteiger partial charge in [-0.2, -0.15) is 0 Å². The van der Waals surface area contributed by atoms with Crippen LogP contribution in [0.25, 0.3) is 0 Å². The molecular weight excluding hydrogens is 360 g/mol. The van der Waals surface area contributed by atoms with Crippen LogP contribution in [-0.4, -0.2) is 12.6 Å². The predicted molar refractivity (Wildman–Crippen MR) is 108 cm³/mol. The van der Waals surface area contributed by atoms with Crippen molar-refractivity contribution in [3.8, 4) is 11.5 Å². The van der Waals surface area contributed by atoms with Crippen molar-refractivity contribution in [3.63, 3.8) is 0 Å². The van der Waals surface area contributed by atoms with Crippen LogP contribution in [0, 0.1) is 0 Å². The van der Waals surface area contributed by atoms with Crippen LogP contribution in [0.2, 0.25) is 5.02 Å². The number of hydrogen-bond donors (Lipinski definition) is 0. The second-order valence-corrected chi connectivity index (χ2v) is 7.12. The summed E-state index contributed by atoms with van der Waals surface area (Å²) in [5.74, 6) is 0.434. The lowest BCUT2D eigenvalue weighted by molar-refractivity contribution is -0.136. The molecule has 0 unspecified atom stereocenters. The van der Waals surface area contributed by atoms with Crippen molar-refractivity contribution < 1.29 is 14.3 Å². The Labute approximate surface area is 164 Å². The van der Waals surface area contributed by atoms with Crippen molar-refractivity contribution in [2.45, 2.75) is 19.3 Å². The monoisotopic (exact) mass is 380 g/mol. The van der Waals surface area contributed by atoms with Crippen LogP contribution in [0.3, 0.4) is 0 Å². The molecule has 27 heavy (non-hydrogen) atoms. The molecule has 0 saturated heterocycles. The maximum absolute atomic E-state index is 11.9. The van der Waals surface area contributed by atoms with Crippen LogP contribution in [0.1, 0.15) is 25.0 Å². The van der Waals surface area contributed by atoms with Crippen LogP contribution >= 0.6 is 11.6 Å². The van der Waals surface area contributed by atoms with E-state index in [0.29, 0.717) is 16.5 Å². The lowest BCUT2D eigenvalue weighted by atomic mass is 9.78. The maximum Gasteiger partial charge on any atom is 0.349 e. The van der Waals surface area contributed by atoms with Gasteiger partial charge in [0.05, 0.1) is 5.02 Å². The average Bonchev–Trinajstić information content (AvgIpc) is 2.69. The van der Waals surface area contributed by atoms with Crippen molar-refractivity contribution in [1.82, 2.24) is 0 Å². The average molecular weight is 381 g/mol. The molecule has 0 spiro atoms. The zero-order chi connectivity index (χ0) is 19.3. The van der Waals surface area contributed by atoms with Gasteiger partial charge in [-0.25, -0.2) is 4.79 Å². The summed E-state index contributed by atoms with van der Waals surface area (Å²) in [6, 6.07) is 24.9. The number of ether oxygens (including phenoxy) is 2. The van der Waals surface area contributed by atoms with Gasteiger partial charge in [0.2, 0.25) is 0 Å². The third-order valence-corrected chi connectivity index (χ3v) is 4.80. The molecule has 3 nitrogen and oxygen atoms in total. The molecule has 0 bridgehead atoms. The summed E-state index contributed by atoms with van der Waals surface area (Å²) in [4.78, 5) is 11.9. The highest BCUT2D eigenvalue weighted by molar-refractivity contribution is 6.32. The van der Waals surface area contributed by atoms with E-state index in [1.807, 2.05) is 42.5 Å². The summed E-state index contributed by atoms with van der Waals surface area (Å²) in [7, 11) is 0. The number of para-hydroxylation sites is 1. The van der Waals surface area contributed by atoms with Crippen molar-refractivity contribution in [1.29, 1.82) is 0 Å². The van der Waals surface area contributed by atoms with Crippen molar-refractivity contribution in [2.24, 2.45) is 0 Å². The highest BCUT2D eigenvalue weighted by Gasteiger charge is 2.22. The minimum atomic E-state index is -0.503. The molecule has 0 aromatic heterocycles. The molecule has 0 heterocycles. The van der Waals surface area contributed by atoms with E-state index in [1.54, 1.807) is 24.3 Å². The van der Waals surface area contributed by atoms with Gasteiger partial charge in [-0.05, 0) is 35.4 Å². The van der Waals surface area contributed by atoms with Crippen LogP contribution in [0.15, 0.2) is 78.9 Å². The first kappa shape index (κ1) is 19.0. The Morgan fingerprint density at radius 2 is 1.44 bits per heavy atom. The molecule has 0 fully saturated rings. The fraction of sp³-hybridized carbons (Fsp3) is 0.174. The van der Waals surface area contributed by atoms with E-state index in [9.17, 15) is 4.79 Å². The third kappa shape index (κ3) is 4.69. The van der Waals surface area contributed by atoms with Gasteiger partial charge in [0.25, 0.3) is 0 Å². The molecule has 3 aromatic carbocycles. The van der Waals surface area contributed by atoms with Gasteiger partial charge in [0.1, 0.15) is 11.5 Å². The van der Waals surface area contributed by atoms with Crippen molar-refractivity contribution in [3.05, 3.63) is 95.0 Å². The number of benzene rings is 3. The Morgan fingerprint density at radius 1 is 0.852 bits per heavy atom. The molecule has 0 radical (unpaired) electrons. The third-order valence-electron chi connectivity index (χ3n) is 4.49. The lowest BCUT2D eigenvalue weighted by Gasteiger charge is -2.26. The van der Waals surface area contributed by atoms with E-state index in [0.717, 1.165) is 0 Å². The molecule has 0 aliphatic carbocycles. The standard InChI is InChI=1S/C23H21ClO3/c1-23(2,17-8-4-3-5-9-17)18-12-14-19(15-13-18)26-16-22(25)27-21-11-7-6-10-20(21)24/h3-15H,16H2,1-2H3.